The number of esters is 1. The first-order valence-corrected chi connectivity index (χ1v) is 8.34. The summed E-state index contributed by atoms with van der Waals surface area (Å²) in [5.41, 5.74) is 6.02. The van der Waals surface area contributed by atoms with Crippen LogP contribution in [0.3, 0.4) is 0 Å². The van der Waals surface area contributed by atoms with E-state index in [4.69, 9.17) is 10.5 Å². The molecule has 1 rings (SSSR count). The standard InChI is InChI=1S/C16H31N3O2.HI/c1-3-21-15(20)8-6-4-5-7-11-18-16(17)19-12-9-14(2)10-13-19;/h14H,3-13H2,1-2H3,(H2,17,18);1H. The number of unbranched alkanes of at least 4 members (excludes halogenated alkanes) is 3. The second-order valence-corrected chi connectivity index (χ2v) is 5.88. The van der Waals surface area contributed by atoms with Gasteiger partial charge in [-0.05, 0) is 38.5 Å². The Balaban J connectivity index is 0.00000441. The number of rotatable bonds is 8. The van der Waals surface area contributed by atoms with Crippen molar-refractivity contribution in [1.29, 1.82) is 0 Å². The van der Waals surface area contributed by atoms with Crippen LogP contribution in [-0.2, 0) is 9.53 Å². The third-order valence-electron chi connectivity index (χ3n) is 3.98. The topological polar surface area (TPSA) is 67.9 Å². The number of guanidine groups is 1. The molecule has 22 heavy (non-hydrogen) atoms. The molecule has 0 atom stereocenters. The van der Waals surface area contributed by atoms with Crippen molar-refractivity contribution in [3.8, 4) is 0 Å². The average Bonchev–Trinajstić information content (AvgIpc) is 2.47. The largest absolute Gasteiger partial charge is 0.466 e. The van der Waals surface area contributed by atoms with Crippen LogP contribution in [0.2, 0.25) is 0 Å². The second-order valence-electron chi connectivity index (χ2n) is 5.88. The number of halogens is 1. The number of hydrogen-bond donors (Lipinski definition) is 1. The molecule has 1 aliphatic heterocycles. The lowest BCUT2D eigenvalue weighted by Gasteiger charge is -2.31. The minimum absolute atomic E-state index is 0. The normalized spacial score (nSPS) is 16.3. The maximum absolute atomic E-state index is 11.2. The number of carbonyl (C=O) groups excluding carboxylic acids is 1. The van der Waals surface area contributed by atoms with E-state index in [1.807, 2.05) is 6.92 Å². The number of likely N-dealkylation sites (tertiary alicyclic amines) is 1. The minimum atomic E-state index is -0.0842. The van der Waals surface area contributed by atoms with Crippen molar-refractivity contribution in [3.63, 3.8) is 0 Å². The van der Waals surface area contributed by atoms with Crippen molar-refractivity contribution in [1.82, 2.24) is 4.90 Å². The van der Waals surface area contributed by atoms with Gasteiger partial charge in [-0.15, -0.1) is 24.0 Å². The van der Waals surface area contributed by atoms with Crippen LogP contribution in [0.1, 0.15) is 58.8 Å². The van der Waals surface area contributed by atoms with Gasteiger partial charge in [-0.3, -0.25) is 9.79 Å². The first-order valence-electron chi connectivity index (χ1n) is 8.34. The lowest BCUT2D eigenvalue weighted by Crippen LogP contribution is -2.42. The third-order valence-corrected chi connectivity index (χ3v) is 3.98. The van der Waals surface area contributed by atoms with Gasteiger partial charge in [0.2, 0.25) is 0 Å². The van der Waals surface area contributed by atoms with Crippen molar-refractivity contribution in [2.75, 3.05) is 26.2 Å². The molecule has 0 aromatic carbocycles. The number of aliphatic imine (C=N–C) groups is 1. The van der Waals surface area contributed by atoms with Gasteiger partial charge >= 0.3 is 5.97 Å². The van der Waals surface area contributed by atoms with Crippen LogP contribution in [0.25, 0.3) is 0 Å². The number of nitrogens with two attached hydrogens (primary N) is 1. The fraction of sp³-hybridized carbons (Fsp3) is 0.875. The van der Waals surface area contributed by atoms with E-state index in [2.05, 4.69) is 16.8 Å². The first kappa shape index (κ1) is 21.5. The van der Waals surface area contributed by atoms with Crippen LogP contribution in [0, 0.1) is 5.92 Å². The molecule has 1 heterocycles. The molecule has 1 saturated heterocycles. The van der Waals surface area contributed by atoms with Gasteiger partial charge < -0.3 is 15.4 Å². The van der Waals surface area contributed by atoms with Crippen molar-refractivity contribution < 1.29 is 9.53 Å². The summed E-state index contributed by atoms with van der Waals surface area (Å²) in [6.45, 7) is 7.47. The summed E-state index contributed by atoms with van der Waals surface area (Å²) in [4.78, 5) is 17.8. The van der Waals surface area contributed by atoms with E-state index in [9.17, 15) is 4.79 Å². The fourth-order valence-electron chi connectivity index (χ4n) is 2.50. The molecular weight excluding hydrogens is 393 g/mol. The SMILES string of the molecule is CCOC(=O)CCCCCCN=C(N)N1CCC(C)CC1.I. The molecule has 0 aromatic rings. The van der Waals surface area contributed by atoms with Crippen molar-refractivity contribution in [2.45, 2.75) is 58.8 Å². The number of piperidine rings is 1. The molecule has 0 aromatic heterocycles. The monoisotopic (exact) mass is 425 g/mol. The Kier molecular flexibility index (Phi) is 12.6. The Morgan fingerprint density at radius 3 is 2.50 bits per heavy atom. The summed E-state index contributed by atoms with van der Waals surface area (Å²) in [5.74, 6) is 1.43. The van der Waals surface area contributed by atoms with E-state index < -0.39 is 0 Å². The van der Waals surface area contributed by atoms with Gasteiger partial charge in [0, 0.05) is 26.1 Å². The first-order chi connectivity index (χ1) is 10.1. The molecule has 2 N–H and O–H groups in total. The molecule has 0 radical (unpaired) electrons. The summed E-state index contributed by atoms with van der Waals surface area (Å²) in [6.07, 6.45) is 7.04. The zero-order valence-electron chi connectivity index (χ0n) is 14.1. The zero-order chi connectivity index (χ0) is 15.5. The van der Waals surface area contributed by atoms with E-state index >= 15 is 0 Å². The van der Waals surface area contributed by atoms with E-state index in [0.29, 0.717) is 19.0 Å². The molecule has 0 bridgehead atoms. The Bertz CT molecular complexity index is 329. The second kappa shape index (κ2) is 13.0. The maximum atomic E-state index is 11.2. The summed E-state index contributed by atoms with van der Waals surface area (Å²) in [5, 5.41) is 0. The number of carbonyl (C=O) groups is 1. The highest BCUT2D eigenvalue weighted by Crippen LogP contribution is 2.15. The molecular formula is C16H32IN3O2. The molecule has 130 valence electrons. The highest BCUT2D eigenvalue weighted by Gasteiger charge is 2.16. The fourth-order valence-corrected chi connectivity index (χ4v) is 2.50. The smallest absolute Gasteiger partial charge is 0.305 e. The summed E-state index contributed by atoms with van der Waals surface area (Å²) >= 11 is 0. The molecule has 0 amide bonds. The van der Waals surface area contributed by atoms with Gasteiger partial charge in [0.25, 0.3) is 0 Å². The van der Waals surface area contributed by atoms with Crippen LogP contribution in [0.5, 0.6) is 0 Å². The summed E-state index contributed by atoms with van der Waals surface area (Å²) < 4.78 is 4.89. The Hall–Kier alpha value is -0.530. The van der Waals surface area contributed by atoms with Crippen LogP contribution in [0.4, 0.5) is 0 Å². The predicted molar refractivity (Wildman–Crippen MR) is 102 cm³/mol. The lowest BCUT2D eigenvalue weighted by molar-refractivity contribution is -0.143. The lowest BCUT2D eigenvalue weighted by atomic mass is 10.00. The minimum Gasteiger partial charge on any atom is -0.466 e. The Morgan fingerprint density at radius 2 is 1.86 bits per heavy atom. The third kappa shape index (κ3) is 9.48. The van der Waals surface area contributed by atoms with Gasteiger partial charge in [-0.2, -0.15) is 0 Å². The average molecular weight is 425 g/mol. The van der Waals surface area contributed by atoms with Crippen molar-refractivity contribution in [3.05, 3.63) is 0 Å². The highest BCUT2D eigenvalue weighted by molar-refractivity contribution is 14.0. The Labute approximate surface area is 152 Å². The van der Waals surface area contributed by atoms with Crippen LogP contribution in [-0.4, -0.2) is 43.1 Å². The van der Waals surface area contributed by atoms with Gasteiger partial charge in [0.05, 0.1) is 6.61 Å². The van der Waals surface area contributed by atoms with E-state index in [-0.39, 0.29) is 29.9 Å². The van der Waals surface area contributed by atoms with Crippen LogP contribution < -0.4 is 5.73 Å². The molecule has 1 fully saturated rings. The quantitative estimate of drug-likeness (QED) is 0.213. The van der Waals surface area contributed by atoms with Crippen molar-refractivity contribution >= 4 is 35.9 Å². The van der Waals surface area contributed by atoms with E-state index in [1.165, 1.54) is 12.8 Å². The van der Waals surface area contributed by atoms with Gasteiger partial charge in [0.15, 0.2) is 5.96 Å². The number of ether oxygens (including phenoxy) is 1. The molecule has 0 aliphatic carbocycles. The zero-order valence-corrected chi connectivity index (χ0v) is 16.4. The van der Waals surface area contributed by atoms with Gasteiger partial charge in [0.1, 0.15) is 0 Å². The summed E-state index contributed by atoms with van der Waals surface area (Å²) in [6, 6.07) is 0. The predicted octanol–water partition coefficient (Wildman–Crippen LogP) is 3.16. The van der Waals surface area contributed by atoms with Crippen LogP contribution in [0.15, 0.2) is 4.99 Å². The van der Waals surface area contributed by atoms with Crippen molar-refractivity contribution in [2.24, 2.45) is 16.6 Å². The molecule has 5 nitrogen and oxygen atoms in total. The summed E-state index contributed by atoms with van der Waals surface area (Å²) in [7, 11) is 0. The Morgan fingerprint density at radius 1 is 1.23 bits per heavy atom. The number of nitrogens with zero attached hydrogens (tertiary/aromatic N) is 2. The number of hydrogen-bond acceptors (Lipinski definition) is 3. The van der Waals surface area contributed by atoms with E-state index in [1.54, 1.807) is 0 Å². The molecule has 0 saturated carbocycles. The van der Waals surface area contributed by atoms with Gasteiger partial charge in [-0.25, -0.2) is 0 Å². The highest BCUT2D eigenvalue weighted by atomic mass is 127. The molecule has 0 unspecified atom stereocenters. The molecule has 1 aliphatic rings. The maximum Gasteiger partial charge on any atom is 0.305 e. The molecule has 6 heteroatoms. The van der Waals surface area contributed by atoms with Gasteiger partial charge in [-0.1, -0.05) is 19.8 Å². The van der Waals surface area contributed by atoms with Crippen LogP contribution >= 0.6 is 24.0 Å². The van der Waals surface area contributed by atoms with E-state index in [0.717, 1.165) is 51.2 Å². The molecule has 0 spiro atoms.